The van der Waals surface area contributed by atoms with Crippen molar-refractivity contribution in [2.24, 2.45) is 0 Å². The summed E-state index contributed by atoms with van der Waals surface area (Å²) in [6, 6.07) is 3.88. The standard InChI is InChI=1S/C23H30N4O4/c1-5-6-7-20(28)31-15(2)18-12-16-19(14-25-18)26-22(29)17(13-24)21(16)27-10-8-23(3,30-4)9-11-27/h12,14-15H,5-11H2,1-4H3,(H,26,29). The van der Waals surface area contributed by atoms with Gasteiger partial charge < -0.3 is 19.4 Å². The number of carbonyl (C=O) groups is 1. The van der Waals surface area contributed by atoms with E-state index in [2.05, 4.69) is 27.9 Å². The molecule has 1 fully saturated rings. The molecule has 2 aromatic heterocycles. The van der Waals surface area contributed by atoms with E-state index >= 15 is 0 Å². The van der Waals surface area contributed by atoms with Gasteiger partial charge >= 0.3 is 5.97 Å². The fourth-order valence-electron chi connectivity index (χ4n) is 3.89. The number of nitriles is 1. The lowest BCUT2D eigenvalue weighted by Gasteiger charge is -2.40. The smallest absolute Gasteiger partial charge is 0.306 e. The number of aromatic nitrogens is 2. The first-order valence-corrected chi connectivity index (χ1v) is 10.8. The summed E-state index contributed by atoms with van der Waals surface area (Å²) >= 11 is 0. The van der Waals surface area contributed by atoms with Gasteiger partial charge in [0.05, 0.1) is 28.7 Å². The highest BCUT2D eigenvalue weighted by atomic mass is 16.5. The van der Waals surface area contributed by atoms with E-state index in [9.17, 15) is 14.9 Å². The molecular weight excluding hydrogens is 396 g/mol. The van der Waals surface area contributed by atoms with Crippen LogP contribution in [0.25, 0.3) is 10.9 Å². The Bertz CT molecular complexity index is 1050. The van der Waals surface area contributed by atoms with Gasteiger partial charge in [-0.15, -0.1) is 0 Å². The summed E-state index contributed by atoms with van der Waals surface area (Å²) < 4.78 is 11.2. The number of rotatable bonds is 7. The second kappa shape index (κ2) is 9.48. The summed E-state index contributed by atoms with van der Waals surface area (Å²) in [5.74, 6) is -0.259. The van der Waals surface area contributed by atoms with Crippen LogP contribution in [0.5, 0.6) is 0 Å². The number of nitrogens with one attached hydrogen (secondary N) is 1. The molecule has 1 N–H and O–H groups in total. The minimum absolute atomic E-state index is 0.0817. The van der Waals surface area contributed by atoms with Gasteiger partial charge in [-0.25, -0.2) is 0 Å². The first kappa shape index (κ1) is 22.8. The fourth-order valence-corrected chi connectivity index (χ4v) is 3.89. The second-order valence-corrected chi connectivity index (χ2v) is 8.32. The van der Waals surface area contributed by atoms with E-state index in [0.717, 1.165) is 31.1 Å². The van der Waals surface area contributed by atoms with Gasteiger partial charge in [0.15, 0.2) is 0 Å². The Hall–Kier alpha value is -2.92. The number of pyridine rings is 2. The summed E-state index contributed by atoms with van der Waals surface area (Å²) in [6.07, 6.45) is 4.68. The number of esters is 1. The largest absolute Gasteiger partial charge is 0.456 e. The molecule has 8 heteroatoms. The molecule has 3 rings (SSSR count). The van der Waals surface area contributed by atoms with Crippen LogP contribution in [0.2, 0.25) is 0 Å². The maximum Gasteiger partial charge on any atom is 0.306 e. The summed E-state index contributed by atoms with van der Waals surface area (Å²) in [4.78, 5) is 33.8. The Balaban J connectivity index is 2.00. The van der Waals surface area contributed by atoms with E-state index in [1.807, 2.05) is 13.0 Å². The SMILES string of the molecule is CCCCC(=O)OC(C)c1cc2c(N3CCC(C)(OC)CC3)c(C#N)c(=O)[nH]c2cn1. The lowest BCUT2D eigenvalue weighted by atomic mass is 9.92. The van der Waals surface area contributed by atoms with Gasteiger partial charge in [-0.1, -0.05) is 13.3 Å². The van der Waals surface area contributed by atoms with Crippen molar-refractivity contribution in [1.82, 2.24) is 9.97 Å². The average molecular weight is 427 g/mol. The molecule has 1 unspecified atom stereocenters. The van der Waals surface area contributed by atoms with Crippen LogP contribution in [0.15, 0.2) is 17.1 Å². The minimum Gasteiger partial charge on any atom is -0.456 e. The van der Waals surface area contributed by atoms with Gasteiger partial charge in [0.25, 0.3) is 5.56 Å². The molecule has 1 aliphatic heterocycles. The van der Waals surface area contributed by atoms with Crippen LogP contribution in [0.4, 0.5) is 5.69 Å². The zero-order valence-corrected chi connectivity index (χ0v) is 18.7. The second-order valence-electron chi connectivity index (χ2n) is 8.32. The molecule has 1 saturated heterocycles. The Kier molecular flexibility index (Phi) is 6.96. The highest BCUT2D eigenvalue weighted by molar-refractivity contribution is 5.94. The van der Waals surface area contributed by atoms with Crippen molar-refractivity contribution in [2.45, 2.75) is 64.6 Å². The maximum atomic E-state index is 12.5. The average Bonchev–Trinajstić information content (AvgIpc) is 2.77. The monoisotopic (exact) mass is 426 g/mol. The van der Waals surface area contributed by atoms with Crippen LogP contribution >= 0.6 is 0 Å². The predicted molar refractivity (Wildman–Crippen MR) is 118 cm³/mol. The van der Waals surface area contributed by atoms with Crippen molar-refractivity contribution < 1.29 is 14.3 Å². The summed E-state index contributed by atoms with van der Waals surface area (Å²) in [6.45, 7) is 7.20. The number of fused-ring (bicyclic) bond motifs is 1. The molecule has 0 spiro atoms. The molecule has 3 heterocycles. The Labute approximate surface area is 182 Å². The molecule has 0 aliphatic carbocycles. The van der Waals surface area contributed by atoms with Crippen LogP contribution in [0.1, 0.15) is 70.2 Å². The summed E-state index contributed by atoms with van der Waals surface area (Å²) in [5, 5.41) is 10.4. The number of anilines is 1. The molecule has 1 atom stereocenters. The minimum atomic E-state index is -0.530. The van der Waals surface area contributed by atoms with Crippen LogP contribution < -0.4 is 10.5 Å². The van der Waals surface area contributed by atoms with Crippen molar-refractivity contribution in [1.29, 1.82) is 5.26 Å². The fraction of sp³-hybridized carbons (Fsp3) is 0.565. The number of carbonyl (C=O) groups excluding carboxylic acids is 1. The lowest BCUT2D eigenvalue weighted by Crippen LogP contribution is -2.44. The van der Waals surface area contributed by atoms with Crippen molar-refractivity contribution >= 4 is 22.6 Å². The molecule has 2 aromatic rings. The number of ether oxygens (including phenoxy) is 2. The zero-order valence-electron chi connectivity index (χ0n) is 18.7. The number of nitrogens with zero attached hydrogens (tertiary/aromatic N) is 3. The Morgan fingerprint density at radius 1 is 1.42 bits per heavy atom. The van der Waals surface area contributed by atoms with Crippen LogP contribution in [-0.4, -0.2) is 41.7 Å². The van der Waals surface area contributed by atoms with Crippen LogP contribution in [0.3, 0.4) is 0 Å². The molecule has 8 nitrogen and oxygen atoms in total. The van der Waals surface area contributed by atoms with Gasteiger partial charge in [-0.2, -0.15) is 5.26 Å². The van der Waals surface area contributed by atoms with E-state index in [1.165, 1.54) is 0 Å². The van der Waals surface area contributed by atoms with E-state index < -0.39 is 11.7 Å². The molecule has 0 amide bonds. The number of aromatic amines is 1. The lowest BCUT2D eigenvalue weighted by molar-refractivity contribution is -0.148. The predicted octanol–water partition coefficient (Wildman–Crippen LogP) is 3.59. The molecular formula is C23H30N4O4. The highest BCUT2D eigenvalue weighted by Crippen LogP contribution is 2.34. The topological polar surface area (TPSA) is 108 Å². The first-order valence-electron chi connectivity index (χ1n) is 10.8. The van der Waals surface area contributed by atoms with E-state index in [-0.39, 0.29) is 17.1 Å². The Morgan fingerprint density at radius 3 is 2.74 bits per heavy atom. The number of hydrogen-bond donors (Lipinski definition) is 1. The van der Waals surface area contributed by atoms with Gasteiger partial charge in [0.1, 0.15) is 17.7 Å². The molecule has 166 valence electrons. The Morgan fingerprint density at radius 2 is 2.13 bits per heavy atom. The van der Waals surface area contributed by atoms with Crippen LogP contribution in [0, 0.1) is 11.3 Å². The third kappa shape index (κ3) is 4.88. The summed E-state index contributed by atoms with van der Waals surface area (Å²) in [7, 11) is 1.71. The quantitative estimate of drug-likeness (QED) is 0.674. The van der Waals surface area contributed by atoms with Gasteiger partial charge in [-0.05, 0) is 39.2 Å². The highest BCUT2D eigenvalue weighted by Gasteiger charge is 2.32. The third-order valence-corrected chi connectivity index (χ3v) is 6.09. The van der Waals surface area contributed by atoms with Gasteiger partial charge in [0.2, 0.25) is 0 Å². The van der Waals surface area contributed by atoms with Crippen molar-refractivity contribution in [3.05, 3.63) is 33.9 Å². The van der Waals surface area contributed by atoms with E-state index in [4.69, 9.17) is 9.47 Å². The number of piperidine rings is 1. The number of methoxy groups -OCH3 is 1. The van der Waals surface area contributed by atoms with Crippen molar-refractivity contribution in [3.63, 3.8) is 0 Å². The first-order chi connectivity index (χ1) is 14.8. The molecule has 0 saturated carbocycles. The molecule has 0 aromatic carbocycles. The normalized spacial score (nSPS) is 16.7. The molecule has 0 bridgehead atoms. The van der Waals surface area contributed by atoms with Crippen molar-refractivity contribution in [3.8, 4) is 6.07 Å². The van der Waals surface area contributed by atoms with Crippen LogP contribution in [-0.2, 0) is 14.3 Å². The number of H-pyrrole nitrogens is 1. The van der Waals surface area contributed by atoms with Gasteiger partial charge in [0, 0.05) is 32.0 Å². The van der Waals surface area contributed by atoms with Gasteiger partial charge in [-0.3, -0.25) is 14.6 Å². The van der Waals surface area contributed by atoms with Crippen molar-refractivity contribution in [2.75, 3.05) is 25.1 Å². The maximum absolute atomic E-state index is 12.5. The van der Waals surface area contributed by atoms with E-state index in [0.29, 0.717) is 36.4 Å². The number of hydrogen-bond acceptors (Lipinski definition) is 7. The molecule has 31 heavy (non-hydrogen) atoms. The molecule has 0 radical (unpaired) electrons. The van der Waals surface area contributed by atoms with E-state index in [1.54, 1.807) is 20.2 Å². The number of unbranched alkanes of at least 4 members (excludes halogenated alkanes) is 1. The summed E-state index contributed by atoms with van der Waals surface area (Å²) in [5.41, 5.74) is 1.17. The molecule has 1 aliphatic rings. The third-order valence-electron chi connectivity index (χ3n) is 6.09. The zero-order chi connectivity index (χ0) is 22.6.